The van der Waals surface area contributed by atoms with E-state index in [1.54, 1.807) is 24.1 Å². The molecule has 35 heavy (non-hydrogen) atoms. The molecule has 0 aliphatic rings. The number of rotatable bonds is 12. The van der Waals surface area contributed by atoms with Crippen molar-refractivity contribution in [2.75, 3.05) is 31.3 Å². The molecule has 0 bridgehead atoms. The number of nitrogens with one attached hydrogen (secondary N) is 1. The Balaban J connectivity index is 2.20. The highest BCUT2D eigenvalue weighted by molar-refractivity contribution is 7.92. The van der Waals surface area contributed by atoms with Crippen LogP contribution in [0.2, 0.25) is 5.02 Å². The summed E-state index contributed by atoms with van der Waals surface area (Å²) < 4.78 is 31.3. The highest BCUT2D eigenvalue weighted by atomic mass is 35.5. The smallest absolute Gasteiger partial charge is 0.242 e. The van der Waals surface area contributed by atoms with Crippen LogP contribution in [0.25, 0.3) is 0 Å². The quantitative estimate of drug-likeness (QED) is 0.457. The van der Waals surface area contributed by atoms with Crippen LogP contribution in [-0.2, 0) is 26.2 Å². The van der Waals surface area contributed by atoms with Crippen molar-refractivity contribution in [3.8, 4) is 5.75 Å². The van der Waals surface area contributed by atoms with Gasteiger partial charge in [0.15, 0.2) is 0 Å². The Morgan fingerprint density at radius 1 is 1.14 bits per heavy atom. The van der Waals surface area contributed by atoms with Crippen LogP contribution < -0.4 is 14.4 Å². The zero-order valence-electron chi connectivity index (χ0n) is 20.9. The van der Waals surface area contributed by atoms with E-state index in [0.29, 0.717) is 17.9 Å². The van der Waals surface area contributed by atoms with Crippen LogP contribution in [0.1, 0.15) is 37.3 Å². The molecule has 0 aromatic heterocycles. The minimum Gasteiger partial charge on any atom is -0.495 e. The molecule has 2 rings (SSSR count). The third-order valence-corrected chi connectivity index (χ3v) is 7.17. The highest BCUT2D eigenvalue weighted by Gasteiger charge is 2.28. The summed E-state index contributed by atoms with van der Waals surface area (Å²) in [5.74, 6) is -0.0218. The second kappa shape index (κ2) is 12.8. The molecule has 0 aliphatic heterocycles. The summed E-state index contributed by atoms with van der Waals surface area (Å²) in [7, 11) is -0.596. The molecule has 0 spiro atoms. The van der Waals surface area contributed by atoms with Gasteiger partial charge < -0.3 is 15.0 Å². The molecule has 1 unspecified atom stereocenters. The molecular formula is C25H34ClN3O5S. The first-order valence-corrected chi connectivity index (χ1v) is 13.6. The van der Waals surface area contributed by atoms with Crippen molar-refractivity contribution < 1.29 is 22.7 Å². The lowest BCUT2D eigenvalue weighted by molar-refractivity contribution is -0.141. The first-order valence-electron chi connectivity index (χ1n) is 11.4. The minimum absolute atomic E-state index is 0.0786. The van der Waals surface area contributed by atoms with Gasteiger partial charge in [-0.2, -0.15) is 0 Å². The van der Waals surface area contributed by atoms with Crippen LogP contribution in [0.3, 0.4) is 0 Å². The van der Waals surface area contributed by atoms with Gasteiger partial charge in [0.2, 0.25) is 21.8 Å². The Bertz CT molecular complexity index is 1120. The molecule has 8 nitrogen and oxygen atoms in total. The number of benzene rings is 2. The Hall–Kier alpha value is -2.78. The maximum Gasteiger partial charge on any atom is 0.242 e. The van der Waals surface area contributed by atoms with Gasteiger partial charge in [-0.05, 0) is 43.5 Å². The predicted octanol–water partition coefficient (Wildman–Crippen LogP) is 3.76. The minimum atomic E-state index is -3.62. The summed E-state index contributed by atoms with van der Waals surface area (Å²) in [5.41, 5.74) is 2.40. The van der Waals surface area contributed by atoms with E-state index in [0.717, 1.165) is 17.4 Å². The fraction of sp³-hybridized carbons (Fsp3) is 0.440. The molecule has 0 aliphatic carbocycles. The van der Waals surface area contributed by atoms with Crippen molar-refractivity contribution in [1.82, 2.24) is 10.2 Å². The van der Waals surface area contributed by atoms with Crippen LogP contribution >= 0.6 is 11.6 Å². The number of ether oxygens (including phenoxy) is 1. The van der Waals surface area contributed by atoms with E-state index in [1.165, 1.54) is 17.5 Å². The molecule has 0 radical (unpaired) electrons. The molecule has 0 fully saturated rings. The number of carbonyl (C=O) groups is 2. The molecule has 10 heteroatoms. The molecule has 0 saturated heterocycles. The fourth-order valence-corrected chi connectivity index (χ4v) is 5.00. The van der Waals surface area contributed by atoms with Gasteiger partial charge in [-0.1, -0.05) is 48.4 Å². The molecular weight excluding hydrogens is 490 g/mol. The summed E-state index contributed by atoms with van der Waals surface area (Å²) >= 11 is 6.19. The van der Waals surface area contributed by atoms with E-state index in [9.17, 15) is 18.0 Å². The summed E-state index contributed by atoms with van der Waals surface area (Å²) in [5, 5.41) is 2.92. The second-order valence-electron chi connectivity index (χ2n) is 8.30. The van der Waals surface area contributed by atoms with E-state index in [4.69, 9.17) is 16.3 Å². The molecule has 2 aromatic rings. The van der Waals surface area contributed by atoms with Gasteiger partial charge in [-0.3, -0.25) is 13.9 Å². The number of nitrogens with zero attached hydrogens (tertiary/aromatic N) is 2. The number of likely N-dealkylation sites (N-methyl/N-ethyl adjacent to an activating group) is 1. The normalized spacial score (nSPS) is 12.1. The van der Waals surface area contributed by atoms with Gasteiger partial charge in [0.05, 0.1) is 24.1 Å². The van der Waals surface area contributed by atoms with E-state index in [2.05, 4.69) is 5.32 Å². The van der Waals surface area contributed by atoms with Crippen molar-refractivity contribution in [1.29, 1.82) is 0 Å². The zero-order chi connectivity index (χ0) is 26.2. The van der Waals surface area contributed by atoms with Crippen molar-refractivity contribution in [3.05, 3.63) is 58.6 Å². The maximum atomic E-state index is 13.3. The molecule has 2 amide bonds. The van der Waals surface area contributed by atoms with Gasteiger partial charge in [0.25, 0.3) is 0 Å². The van der Waals surface area contributed by atoms with Crippen LogP contribution in [0, 0.1) is 6.92 Å². The van der Waals surface area contributed by atoms with Crippen LogP contribution in [0.15, 0.2) is 42.5 Å². The highest BCUT2D eigenvalue weighted by Crippen LogP contribution is 2.30. The SMILES string of the molecule is CCC(C(=O)NC)N(Cc1ccc(C)cc1)C(=O)CCCN(c1ccc(OC)c(Cl)c1)S(C)(=O)=O. The van der Waals surface area contributed by atoms with Gasteiger partial charge in [0, 0.05) is 26.6 Å². The number of halogens is 1. The van der Waals surface area contributed by atoms with E-state index >= 15 is 0 Å². The van der Waals surface area contributed by atoms with Gasteiger partial charge in [0.1, 0.15) is 11.8 Å². The van der Waals surface area contributed by atoms with Gasteiger partial charge >= 0.3 is 0 Å². The number of carbonyl (C=O) groups excluding carboxylic acids is 2. The van der Waals surface area contributed by atoms with Gasteiger partial charge in [-0.15, -0.1) is 0 Å². The standard InChI is InChI=1S/C25H34ClN3O5S/c1-6-22(25(31)27-3)28(17-19-11-9-18(2)10-12-19)24(30)8-7-15-29(35(5,32)33)20-13-14-23(34-4)21(26)16-20/h9-14,16,22H,6-8,15,17H2,1-5H3,(H,27,31). The Morgan fingerprint density at radius 2 is 1.80 bits per heavy atom. The first-order chi connectivity index (χ1) is 16.5. The lowest BCUT2D eigenvalue weighted by Gasteiger charge is -2.31. The average Bonchev–Trinajstić information content (AvgIpc) is 2.81. The van der Waals surface area contributed by atoms with Crippen LogP contribution in [0.4, 0.5) is 5.69 Å². The molecule has 0 saturated carbocycles. The number of anilines is 1. The molecule has 0 heterocycles. The lowest BCUT2D eigenvalue weighted by atomic mass is 10.1. The van der Waals surface area contributed by atoms with Crippen molar-refractivity contribution in [3.63, 3.8) is 0 Å². The van der Waals surface area contributed by atoms with Crippen molar-refractivity contribution >= 4 is 39.1 Å². The Labute approximate surface area is 213 Å². The zero-order valence-corrected chi connectivity index (χ0v) is 22.4. The van der Waals surface area contributed by atoms with Crippen LogP contribution in [-0.4, -0.2) is 58.1 Å². The third-order valence-electron chi connectivity index (χ3n) is 5.68. The van der Waals surface area contributed by atoms with Crippen molar-refractivity contribution in [2.24, 2.45) is 0 Å². The maximum absolute atomic E-state index is 13.3. The van der Waals surface area contributed by atoms with Crippen LogP contribution in [0.5, 0.6) is 5.75 Å². The number of hydrogen-bond acceptors (Lipinski definition) is 5. The molecule has 192 valence electrons. The van der Waals surface area contributed by atoms with E-state index < -0.39 is 16.1 Å². The second-order valence-corrected chi connectivity index (χ2v) is 10.6. The molecule has 1 N–H and O–H groups in total. The number of sulfonamides is 1. The number of methoxy groups -OCH3 is 1. The lowest BCUT2D eigenvalue weighted by Crippen LogP contribution is -2.48. The number of amides is 2. The molecule has 2 aromatic carbocycles. The first kappa shape index (κ1) is 28.5. The summed E-state index contributed by atoms with van der Waals surface area (Å²) in [6.45, 7) is 4.21. The topological polar surface area (TPSA) is 96.0 Å². The predicted molar refractivity (Wildman–Crippen MR) is 139 cm³/mol. The summed E-state index contributed by atoms with van der Waals surface area (Å²) in [6.07, 6.45) is 1.91. The summed E-state index contributed by atoms with van der Waals surface area (Å²) in [4.78, 5) is 27.3. The Morgan fingerprint density at radius 3 is 2.31 bits per heavy atom. The van der Waals surface area contributed by atoms with E-state index in [-0.39, 0.29) is 42.8 Å². The summed E-state index contributed by atoms with van der Waals surface area (Å²) in [6, 6.07) is 11.9. The number of aryl methyl sites for hydroxylation is 1. The largest absolute Gasteiger partial charge is 0.495 e. The molecule has 1 atom stereocenters. The van der Waals surface area contributed by atoms with E-state index in [1.807, 2.05) is 38.1 Å². The average molecular weight is 524 g/mol. The Kier molecular flexibility index (Phi) is 10.4. The van der Waals surface area contributed by atoms with Crippen molar-refractivity contribution in [2.45, 2.75) is 45.7 Å². The fourth-order valence-electron chi connectivity index (χ4n) is 3.79. The third kappa shape index (κ3) is 7.86. The van der Waals surface area contributed by atoms with Gasteiger partial charge in [-0.25, -0.2) is 8.42 Å². The number of hydrogen-bond donors (Lipinski definition) is 1. The monoisotopic (exact) mass is 523 g/mol.